The molecule has 2 aromatic rings. The van der Waals surface area contributed by atoms with Crippen LogP contribution in [-0.4, -0.2) is 37.5 Å². The van der Waals surface area contributed by atoms with Crippen molar-refractivity contribution in [3.63, 3.8) is 0 Å². The molecule has 1 heterocycles. The molecule has 1 aromatic carbocycles. The van der Waals surface area contributed by atoms with Gasteiger partial charge in [0.15, 0.2) is 0 Å². The van der Waals surface area contributed by atoms with Gasteiger partial charge >= 0.3 is 0 Å². The van der Waals surface area contributed by atoms with Gasteiger partial charge in [-0.3, -0.25) is 4.79 Å². The molecule has 1 N–H and O–H groups in total. The third kappa shape index (κ3) is 4.06. The van der Waals surface area contributed by atoms with Crippen molar-refractivity contribution in [3.8, 4) is 0 Å². The van der Waals surface area contributed by atoms with Gasteiger partial charge in [0.1, 0.15) is 5.82 Å². The predicted molar refractivity (Wildman–Crippen MR) is 100 cm³/mol. The molecule has 0 aliphatic heterocycles. The molecular weight excluding hydrogens is 360 g/mol. The number of halogens is 3. The number of carbonyl (C=O) groups excluding carboxylic acids is 1. The summed E-state index contributed by atoms with van der Waals surface area (Å²) in [5, 5.41) is 3.89. The normalized spacial score (nSPS) is 17.3. The molecule has 0 saturated heterocycles. The number of rotatable bonds is 4. The fourth-order valence-electron chi connectivity index (χ4n) is 3.28. The van der Waals surface area contributed by atoms with Crippen LogP contribution in [0, 0.1) is 5.92 Å². The number of nitrogens with zero attached hydrogens (tertiary/aromatic N) is 2. The Kier molecular flexibility index (Phi) is 5.32. The molecule has 4 nitrogen and oxygen atoms in total. The molecule has 1 amide bonds. The number of fused-ring (bicyclic) bond motifs is 1. The van der Waals surface area contributed by atoms with Crippen molar-refractivity contribution < 1.29 is 13.6 Å². The number of benzene rings is 1. The summed E-state index contributed by atoms with van der Waals surface area (Å²) in [5.74, 6) is -1.99. The quantitative estimate of drug-likeness (QED) is 0.847. The first-order valence-electron chi connectivity index (χ1n) is 8.69. The molecule has 26 heavy (non-hydrogen) atoms. The SMILES string of the molecule is CN(C)c1ccc2c(C(=O)NCC3CCC(F)(F)CC3)c(Cl)ccc2n1. The number of aromatic nitrogens is 1. The third-order valence-corrected chi connectivity index (χ3v) is 5.19. The van der Waals surface area contributed by atoms with Crippen molar-refractivity contribution in [2.45, 2.75) is 31.6 Å². The summed E-state index contributed by atoms with van der Waals surface area (Å²) in [6.07, 6.45) is 0.619. The van der Waals surface area contributed by atoms with Crippen LogP contribution < -0.4 is 10.2 Å². The topological polar surface area (TPSA) is 45.2 Å². The van der Waals surface area contributed by atoms with Crippen molar-refractivity contribution in [1.29, 1.82) is 0 Å². The van der Waals surface area contributed by atoms with Crippen molar-refractivity contribution in [3.05, 3.63) is 34.9 Å². The van der Waals surface area contributed by atoms with E-state index in [-0.39, 0.29) is 24.7 Å². The lowest BCUT2D eigenvalue weighted by molar-refractivity contribution is -0.0452. The largest absolute Gasteiger partial charge is 0.363 e. The summed E-state index contributed by atoms with van der Waals surface area (Å²) >= 11 is 6.26. The van der Waals surface area contributed by atoms with E-state index in [4.69, 9.17) is 11.6 Å². The Morgan fingerprint density at radius 3 is 2.62 bits per heavy atom. The van der Waals surface area contributed by atoms with Crippen LogP contribution in [0.4, 0.5) is 14.6 Å². The first kappa shape index (κ1) is 18.8. The number of hydrogen-bond donors (Lipinski definition) is 1. The number of hydrogen-bond acceptors (Lipinski definition) is 3. The van der Waals surface area contributed by atoms with Crippen LogP contribution in [0.3, 0.4) is 0 Å². The first-order chi connectivity index (χ1) is 12.3. The van der Waals surface area contributed by atoms with Crippen LogP contribution in [-0.2, 0) is 0 Å². The summed E-state index contributed by atoms with van der Waals surface area (Å²) in [6, 6.07) is 7.11. The molecule has 7 heteroatoms. The van der Waals surface area contributed by atoms with Crippen LogP contribution >= 0.6 is 11.6 Å². The second-order valence-corrected chi connectivity index (χ2v) is 7.47. The van der Waals surface area contributed by atoms with E-state index in [0.717, 1.165) is 5.82 Å². The summed E-state index contributed by atoms with van der Waals surface area (Å²) in [5.41, 5.74) is 1.06. The van der Waals surface area contributed by atoms with E-state index in [1.807, 2.05) is 31.1 Å². The summed E-state index contributed by atoms with van der Waals surface area (Å²) in [7, 11) is 3.79. The molecule has 0 spiro atoms. The van der Waals surface area contributed by atoms with Gasteiger partial charge < -0.3 is 10.2 Å². The van der Waals surface area contributed by atoms with E-state index in [1.165, 1.54) is 0 Å². The Balaban J connectivity index is 1.76. The van der Waals surface area contributed by atoms with Gasteiger partial charge in [0.25, 0.3) is 5.91 Å². The predicted octanol–water partition coefficient (Wildman–Crippen LogP) is 4.51. The number of pyridine rings is 1. The monoisotopic (exact) mass is 381 g/mol. The van der Waals surface area contributed by atoms with Gasteiger partial charge in [0.05, 0.1) is 16.1 Å². The molecule has 1 saturated carbocycles. The lowest BCUT2D eigenvalue weighted by Gasteiger charge is -2.28. The minimum atomic E-state index is -2.56. The van der Waals surface area contributed by atoms with E-state index >= 15 is 0 Å². The van der Waals surface area contributed by atoms with E-state index in [2.05, 4.69) is 10.3 Å². The second kappa shape index (κ2) is 7.35. The Labute approximate surface area is 156 Å². The molecular formula is C19H22ClF2N3O. The summed E-state index contributed by atoms with van der Waals surface area (Å²) < 4.78 is 26.5. The number of amides is 1. The van der Waals surface area contributed by atoms with Gasteiger partial charge in [0, 0.05) is 38.9 Å². The molecule has 3 rings (SSSR count). The van der Waals surface area contributed by atoms with Crippen molar-refractivity contribution in [2.75, 3.05) is 25.5 Å². The standard InChI is InChI=1S/C19H22ClF2N3O/c1-25(2)16-6-3-13-15(24-16)5-4-14(20)17(13)18(26)23-11-12-7-9-19(21,22)10-8-12/h3-6,12H,7-11H2,1-2H3,(H,23,26). The van der Waals surface area contributed by atoms with Crippen LogP contribution in [0.5, 0.6) is 0 Å². The van der Waals surface area contributed by atoms with Crippen molar-refractivity contribution in [2.24, 2.45) is 5.92 Å². The van der Waals surface area contributed by atoms with Gasteiger partial charge in [-0.25, -0.2) is 13.8 Å². The molecule has 0 atom stereocenters. The average molecular weight is 382 g/mol. The summed E-state index contributed by atoms with van der Waals surface area (Å²) in [4.78, 5) is 19.1. The van der Waals surface area contributed by atoms with E-state index in [9.17, 15) is 13.6 Å². The molecule has 1 aromatic heterocycles. The highest BCUT2D eigenvalue weighted by atomic mass is 35.5. The molecule has 1 aliphatic carbocycles. The van der Waals surface area contributed by atoms with E-state index in [0.29, 0.717) is 40.9 Å². The first-order valence-corrected chi connectivity index (χ1v) is 9.07. The molecule has 1 fully saturated rings. The fourth-order valence-corrected chi connectivity index (χ4v) is 3.53. The van der Waals surface area contributed by atoms with Crippen molar-refractivity contribution >= 4 is 34.2 Å². The number of carbonyl (C=O) groups is 1. The summed E-state index contributed by atoms with van der Waals surface area (Å²) in [6.45, 7) is 0.380. The highest BCUT2D eigenvalue weighted by molar-refractivity contribution is 6.35. The van der Waals surface area contributed by atoms with Gasteiger partial charge in [-0.15, -0.1) is 0 Å². The molecule has 0 bridgehead atoms. The smallest absolute Gasteiger partial charge is 0.253 e. The highest BCUT2D eigenvalue weighted by Gasteiger charge is 2.34. The number of nitrogens with one attached hydrogen (secondary N) is 1. The average Bonchev–Trinajstić information content (AvgIpc) is 2.60. The Bertz CT molecular complexity index is 816. The van der Waals surface area contributed by atoms with E-state index < -0.39 is 5.92 Å². The minimum Gasteiger partial charge on any atom is -0.363 e. The van der Waals surface area contributed by atoms with Crippen LogP contribution in [0.25, 0.3) is 10.9 Å². The van der Waals surface area contributed by atoms with Crippen LogP contribution in [0.2, 0.25) is 5.02 Å². The molecule has 0 unspecified atom stereocenters. The van der Waals surface area contributed by atoms with Gasteiger partial charge in [0.2, 0.25) is 5.92 Å². The second-order valence-electron chi connectivity index (χ2n) is 7.06. The van der Waals surface area contributed by atoms with Crippen LogP contribution in [0.1, 0.15) is 36.0 Å². The number of alkyl halides is 2. The van der Waals surface area contributed by atoms with Crippen molar-refractivity contribution in [1.82, 2.24) is 10.3 Å². The van der Waals surface area contributed by atoms with Gasteiger partial charge in [-0.1, -0.05) is 11.6 Å². The zero-order valence-corrected chi connectivity index (χ0v) is 15.6. The molecule has 1 aliphatic rings. The lowest BCUT2D eigenvalue weighted by atomic mass is 9.87. The number of anilines is 1. The third-order valence-electron chi connectivity index (χ3n) is 4.88. The Morgan fingerprint density at radius 2 is 1.96 bits per heavy atom. The maximum absolute atomic E-state index is 13.2. The zero-order chi connectivity index (χ0) is 18.9. The Morgan fingerprint density at radius 1 is 1.27 bits per heavy atom. The van der Waals surface area contributed by atoms with Crippen LogP contribution in [0.15, 0.2) is 24.3 Å². The fraction of sp³-hybridized carbons (Fsp3) is 0.474. The van der Waals surface area contributed by atoms with Gasteiger partial charge in [-0.2, -0.15) is 0 Å². The maximum atomic E-state index is 13.2. The van der Waals surface area contributed by atoms with Gasteiger partial charge in [-0.05, 0) is 43.0 Å². The lowest BCUT2D eigenvalue weighted by Crippen LogP contribution is -2.34. The molecule has 0 radical (unpaired) electrons. The zero-order valence-electron chi connectivity index (χ0n) is 14.9. The Hall–Kier alpha value is -1.95. The maximum Gasteiger partial charge on any atom is 0.253 e. The minimum absolute atomic E-state index is 0.0748. The van der Waals surface area contributed by atoms with E-state index in [1.54, 1.807) is 12.1 Å². The highest BCUT2D eigenvalue weighted by Crippen LogP contribution is 2.36. The molecule has 140 valence electrons.